The Morgan fingerprint density at radius 2 is 0.784 bits per heavy atom. The summed E-state index contributed by atoms with van der Waals surface area (Å²) in [7, 11) is -12.4. The molecule has 0 fully saturated rings. The van der Waals surface area contributed by atoms with Crippen LogP contribution in [0.3, 0.4) is 0 Å². The summed E-state index contributed by atoms with van der Waals surface area (Å²) in [5.74, 6) is 0. The minimum Gasteiger partial charge on any atom is -0.429 e. The summed E-state index contributed by atoms with van der Waals surface area (Å²) in [6, 6.07) is 43.8. The van der Waals surface area contributed by atoms with Crippen molar-refractivity contribution < 1.29 is 30.0 Å². The summed E-state index contributed by atoms with van der Waals surface area (Å²) in [6.07, 6.45) is 0.246. The molecule has 0 aromatic heterocycles. The zero-order valence-electron chi connectivity index (χ0n) is 19.5. The predicted octanol–water partition coefficient (Wildman–Crippen LogP) is 4.48. The molecule has 0 radical (unpaired) electrons. The first-order valence-corrected chi connectivity index (χ1v) is 15.8. The molecule has 0 unspecified atom stereocenters. The van der Waals surface area contributed by atoms with Crippen LogP contribution in [-0.4, -0.2) is 28.6 Å². The van der Waals surface area contributed by atoms with E-state index in [1.807, 2.05) is 0 Å². The average molecular weight is 566 g/mol. The second-order valence-electron chi connectivity index (χ2n) is 7.74. The molecule has 0 aliphatic rings. The highest BCUT2D eigenvalue weighted by Crippen LogP contribution is 2.53. The van der Waals surface area contributed by atoms with Crippen LogP contribution in [0, 0.1) is 0 Å². The van der Waals surface area contributed by atoms with Crippen molar-refractivity contribution in [1.29, 1.82) is 0 Å². The molecule has 4 rings (SSSR count). The molecular weight excluding hydrogens is 542 g/mol. The highest BCUT2D eigenvalue weighted by Gasteiger charge is 2.47. The first-order chi connectivity index (χ1) is 17.4. The molecule has 0 N–H and O–H groups in total. The molecule has 0 aliphatic heterocycles. The minimum atomic E-state index is -5.92. The van der Waals surface area contributed by atoms with Gasteiger partial charge in [-0.2, -0.15) is 13.2 Å². The fourth-order valence-corrected chi connectivity index (χ4v) is 9.75. The smallest absolute Gasteiger partial charge is 0.429 e. The number of rotatable bonds is 6. The highest BCUT2D eigenvalue weighted by molar-refractivity contribution is 8.12. The molecular formula is C26H23F3NO4PS2. The number of hydrogen-bond donors (Lipinski definition) is 0. The van der Waals surface area contributed by atoms with E-state index in [1.165, 1.54) is 21.2 Å². The van der Waals surface area contributed by atoms with Crippen molar-refractivity contribution in [3.63, 3.8) is 0 Å². The maximum absolute atomic E-state index is 11.4. The summed E-state index contributed by atoms with van der Waals surface area (Å²) in [5, 5.41) is 5.55. The maximum Gasteiger partial charge on any atom is 0.480 e. The Hall–Kier alpha value is -3.04. The van der Waals surface area contributed by atoms with E-state index < -0.39 is 32.8 Å². The summed E-state index contributed by atoms with van der Waals surface area (Å²) < 4.78 is 76.0. The van der Waals surface area contributed by atoms with Gasteiger partial charge in [0.1, 0.15) is 28.5 Å². The maximum atomic E-state index is 11.4. The highest BCUT2D eigenvalue weighted by atomic mass is 32.3. The summed E-state index contributed by atoms with van der Waals surface area (Å²) in [4.78, 5) is 0. The molecule has 194 valence electrons. The van der Waals surface area contributed by atoms with Crippen LogP contribution in [-0.2, 0) is 20.0 Å². The van der Waals surface area contributed by atoms with Crippen molar-refractivity contribution in [2.45, 2.75) is 5.51 Å². The van der Waals surface area contributed by atoms with Gasteiger partial charge in [0.2, 0.25) is 0 Å². The summed E-state index contributed by atoms with van der Waals surface area (Å²) in [5.41, 5.74) is -5.67. The molecule has 0 saturated heterocycles. The Balaban J connectivity index is 0.000000270. The Morgan fingerprint density at radius 1 is 0.541 bits per heavy atom. The van der Waals surface area contributed by atoms with Crippen molar-refractivity contribution in [3.05, 3.63) is 125 Å². The fourth-order valence-electron chi connectivity index (χ4n) is 3.72. The SMILES string of the molecule is CS(=O)(=O)[N-]S(=O)(=O)C(F)(F)F.c1ccc([P+](c2ccccc2)(c2ccccc2)c2ccccc2)cc1. The third kappa shape index (κ3) is 6.84. The van der Waals surface area contributed by atoms with E-state index in [2.05, 4.69) is 121 Å². The number of hydrogen-bond acceptors (Lipinski definition) is 4. The Kier molecular flexibility index (Phi) is 8.92. The minimum absolute atomic E-state index is 0.246. The van der Waals surface area contributed by atoms with Crippen LogP contribution in [0.4, 0.5) is 13.2 Å². The lowest BCUT2D eigenvalue weighted by Gasteiger charge is -2.27. The number of halogens is 3. The molecule has 0 heterocycles. The van der Waals surface area contributed by atoms with E-state index in [0.717, 1.165) is 0 Å². The third-order valence-corrected chi connectivity index (χ3v) is 11.8. The lowest BCUT2D eigenvalue weighted by Crippen LogP contribution is -2.38. The molecule has 0 amide bonds. The Bertz CT molecular complexity index is 1340. The van der Waals surface area contributed by atoms with E-state index in [1.54, 1.807) is 4.13 Å². The van der Waals surface area contributed by atoms with Gasteiger partial charge in [-0.15, -0.1) is 0 Å². The van der Waals surface area contributed by atoms with Crippen molar-refractivity contribution in [1.82, 2.24) is 0 Å². The zero-order valence-corrected chi connectivity index (χ0v) is 22.1. The molecule has 4 aromatic rings. The van der Waals surface area contributed by atoms with Crippen LogP contribution in [0.1, 0.15) is 0 Å². The molecule has 37 heavy (non-hydrogen) atoms. The van der Waals surface area contributed by atoms with E-state index >= 15 is 0 Å². The Morgan fingerprint density at radius 3 is 0.946 bits per heavy atom. The van der Waals surface area contributed by atoms with Gasteiger partial charge in [-0.3, -0.25) is 0 Å². The third-order valence-electron chi connectivity index (χ3n) is 5.10. The van der Waals surface area contributed by atoms with Gasteiger partial charge in [0, 0.05) is 6.26 Å². The first kappa shape index (κ1) is 28.5. The van der Waals surface area contributed by atoms with Gasteiger partial charge in [0.05, 0.1) is 10.0 Å². The molecule has 0 atom stereocenters. The van der Waals surface area contributed by atoms with Crippen LogP contribution in [0.5, 0.6) is 0 Å². The average Bonchev–Trinajstić information content (AvgIpc) is 2.86. The van der Waals surface area contributed by atoms with Crippen molar-refractivity contribution in [2.24, 2.45) is 0 Å². The second kappa shape index (κ2) is 11.6. The summed E-state index contributed by atoms with van der Waals surface area (Å²) >= 11 is 0. The van der Waals surface area contributed by atoms with E-state index in [4.69, 9.17) is 0 Å². The van der Waals surface area contributed by atoms with Crippen molar-refractivity contribution in [2.75, 3.05) is 6.26 Å². The predicted molar refractivity (Wildman–Crippen MR) is 144 cm³/mol. The van der Waals surface area contributed by atoms with Gasteiger partial charge in [-0.05, 0) is 48.5 Å². The number of alkyl halides is 3. The lowest BCUT2D eigenvalue weighted by atomic mass is 10.3. The number of nitrogens with zero attached hydrogens (tertiary/aromatic N) is 1. The van der Waals surface area contributed by atoms with Crippen LogP contribution in [0.25, 0.3) is 4.13 Å². The van der Waals surface area contributed by atoms with Gasteiger partial charge in [-0.25, -0.2) is 16.8 Å². The largest absolute Gasteiger partial charge is 0.480 e. The van der Waals surface area contributed by atoms with Crippen LogP contribution in [0.2, 0.25) is 0 Å². The van der Waals surface area contributed by atoms with Gasteiger partial charge in [0.15, 0.2) is 10.0 Å². The van der Waals surface area contributed by atoms with Crippen LogP contribution < -0.4 is 21.2 Å². The monoisotopic (exact) mass is 565 g/mol. The number of sulfonamides is 2. The van der Waals surface area contributed by atoms with E-state index in [9.17, 15) is 30.0 Å². The molecule has 0 spiro atoms. The van der Waals surface area contributed by atoms with Crippen molar-refractivity contribution >= 4 is 48.5 Å². The zero-order chi connectivity index (χ0) is 27.2. The van der Waals surface area contributed by atoms with Gasteiger partial charge < -0.3 is 4.13 Å². The van der Waals surface area contributed by atoms with Gasteiger partial charge in [-0.1, -0.05) is 72.8 Å². The topological polar surface area (TPSA) is 82.4 Å². The molecule has 0 bridgehead atoms. The first-order valence-electron chi connectivity index (χ1n) is 10.7. The standard InChI is InChI=1S/C24H20P.C2H3F3NO4S2/c1-5-13-21(14-6-1)25(22-15-7-2-8-16-22,23-17-9-3-10-18-23)24-19-11-4-12-20-24;1-11(7,8)6-12(9,10)2(3,4)5/h1-20H;1H3/q+1;-1. The van der Waals surface area contributed by atoms with Crippen molar-refractivity contribution in [3.8, 4) is 0 Å². The quantitative estimate of drug-likeness (QED) is 0.323. The summed E-state index contributed by atoms with van der Waals surface area (Å²) in [6.45, 7) is 0. The van der Waals surface area contributed by atoms with Gasteiger partial charge >= 0.3 is 5.51 Å². The number of benzene rings is 4. The normalized spacial score (nSPS) is 12.3. The van der Waals surface area contributed by atoms with Crippen LogP contribution in [0.15, 0.2) is 121 Å². The van der Waals surface area contributed by atoms with E-state index in [0.29, 0.717) is 0 Å². The molecule has 4 aromatic carbocycles. The fraction of sp³-hybridized carbons (Fsp3) is 0.0769. The molecule has 5 nitrogen and oxygen atoms in total. The Labute approximate surface area is 215 Å². The molecule has 0 aliphatic carbocycles. The lowest BCUT2D eigenvalue weighted by molar-refractivity contribution is -0.0425. The van der Waals surface area contributed by atoms with E-state index in [-0.39, 0.29) is 6.26 Å². The molecule has 0 saturated carbocycles. The molecule has 11 heteroatoms. The van der Waals surface area contributed by atoms with Crippen LogP contribution >= 0.6 is 7.26 Å². The second-order valence-corrected chi connectivity index (χ2v) is 14.6. The van der Waals surface area contributed by atoms with Gasteiger partial charge in [0.25, 0.3) is 0 Å².